The highest BCUT2D eigenvalue weighted by Crippen LogP contribution is 2.27. The zero-order valence-electron chi connectivity index (χ0n) is 27.2. The number of carboxylic acids is 1. The summed E-state index contributed by atoms with van der Waals surface area (Å²) in [5.41, 5.74) is 2.34. The second-order valence-electron chi connectivity index (χ2n) is 12.2. The topological polar surface area (TPSA) is 167 Å². The Labute approximate surface area is 283 Å². The average molecular weight is 673 g/mol. The van der Waals surface area contributed by atoms with Gasteiger partial charge in [-0.15, -0.1) is 11.3 Å². The average Bonchev–Trinajstić information content (AvgIpc) is 3.70. The van der Waals surface area contributed by atoms with E-state index < -0.39 is 24.0 Å². The van der Waals surface area contributed by atoms with Crippen molar-refractivity contribution in [3.8, 4) is 0 Å². The summed E-state index contributed by atoms with van der Waals surface area (Å²) in [6.07, 6.45) is 1.12. The lowest BCUT2D eigenvalue weighted by atomic mass is 10.0. The van der Waals surface area contributed by atoms with Crippen LogP contribution in [0.1, 0.15) is 97.9 Å². The Bertz CT molecular complexity index is 1750. The number of carboxylic acid groups (broad SMARTS) is 1. The Morgan fingerprint density at radius 2 is 1.79 bits per heavy atom. The van der Waals surface area contributed by atoms with Crippen LogP contribution in [0.15, 0.2) is 64.4 Å². The van der Waals surface area contributed by atoms with Gasteiger partial charge in [0, 0.05) is 37.9 Å². The van der Waals surface area contributed by atoms with Crippen molar-refractivity contribution in [3.05, 3.63) is 105 Å². The summed E-state index contributed by atoms with van der Waals surface area (Å²) in [5.74, 6) is -1.47. The summed E-state index contributed by atoms with van der Waals surface area (Å²) in [5, 5.41) is 20.7. The van der Waals surface area contributed by atoms with Crippen molar-refractivity contribution >= 4 is 35.0 Å². The number of nitrogens with zero attached hydrogens (tertiary/aromatic N) is 3. The van der Waals surface area contributed by atoms with Gasteiger partial charge < -0.3 is 25.5 Å². The van der Waals surface area contributed by atoms with Crippen LogP contribution in [0, 0.1) is 12.8 Å². The maximum Gasteiger partial charge on any atom is 0.335 e. The van der Waals surface area contributed by atoms with Gasteiger partial charge in [-0.3, -0.25) is 19.3 Å². The quantitative estimate of drug-likeness (QED) is 0.227. The van der Waals surface area contributed by atoms with Crippen molar-refractivity contribution in [1.29, 1.82) is 0 Å². The van der Waals surface area contributed by atoms with E-state index in [4.69, 9.17) is 4.42 Å². The number of fused-ring (bicyclic) bond motifs is 4. The molecule has 0 saturated carbocycles. The summed E-state index contributed by atoms with van der Waals surface area (Å²) < 4.78 is 6.01. The molecule has 0 fully saturated rings. The van der Waals surface area contributed by atoms with Gasteiger partial charge in [-0.2, -0.15) is 0 Å². The molecule has 2 atom stereocenters. The summed E-state index contributed by atoms with van der Waals surface area (Å²) in [7, 11) is 0. The van der Waals surface area contributed by atoms with Crippen molar-refractivity contribution in [2.75, 3.05) is 19.6 Å². The van der Waals surface area contributed by atoms with Gasteiger partial charge in [0.25, 0.3) is 11.8 Å². The van der Waals surface area contributed by atoms with Crippen LogP contribution in [-0.2, 0) is 17.8 Å². The SMILES string of the molecule is Cc1oc2nc1C(=O)N[C@@H](C(C)C)c1nc(cs1)C(=O)NCCN(Cc1cccc(C(=O)O)c1)CCCC(=O)N[C@H]2Cc1ccccc1. The number of hydrogen-bond donors (Lipinski definition) is 4. The molecule has 0 radical (unpaired) electrons. The van der Waals surface area contributed by atoms with Gasteiger partial charge in [-0.1, -0.05) is 56.3 Å². The molecule has 3 heterocycles. The third-order valence-corrected chi connectivity index (χ3v) is 9.02. The molecule has 2 aromatic heterocycles. The number of hydrogen-bond acceptors (Lipinski definition) is 9. The number of aromatic carboxylic acids is 1. The van der Waals surface area contributed by atoms with Crippen molar-refractivity contribution in [2.24, 2.45) is 5.92 Å². The zero-order valence-corrected chi connectivity index (χ0v) is 28.0. The monoisotopic (exact) mass is 672 g/mol. The van der Waals surface area contributed by atoms with Crippen molar-refractivity contribution in [2.45, 2.75) is 58.7 Å². The molecule has 48 heavy (non-hydrogen) atoms. The lowest BCUT2D eigenvalue weighted by molar-refractivity contribution is -0.122. The van der Waals surface area contributed by atoms with Crippen LogP contribution in [0.2, 0.25) is 0 Å². The number of amides is 3. The van der Waals surface area contributed by atoms with Crippen molar-refractivity contribution < 1.29 is 28.7 Å². The van der Waals surface area contributed by atoms with E-state index in [-0.39, 0.29) is 47.0 Å². The summed E-state index contributed by atoms with van der Waals surface area (Å²) in [6, 6.07) is 15.3. The molecule has 0 saturated heterocycles. The van der Waals surface area contributed by atoms with Crippen LogP contribution in [-0.4, -0.2) is 63.3 Å². The third kappa shape index (κ3) is 8.92. The number of thiazole rings is 1. The largest absolute Gasteiger partial charge is 0.478 e. The first kappa shape index (κ1) is 34.5. The third-order valence-electron chi connectivity index (χ3n) is 8.09. The van der Waals surface area contributed by atoms with Gasteiger partial charge in [-0.25, -0.2) is 14.8 Å². The number of aromatic nitrogens is 2. The lowest BCUT2D eigenvalue weighted by Crippen LogP contribution is -2.36. The number of carbonyl (C=O) groups is 4. The molecule has 0 aliphatic carbocycles. The molecule has 4 aromatic rings. The smallest absolute Gasteiger partial charge is 0.335 e. The summed E-state index contributed by atoms with van der Waals surface area (Å²) in [6.45, 7) is 7.30. The minimum atomic E-state index is -1.01. The second-order valence-corrected chi connectivity index (χ2v) is 13.1. The van der Waals surface area contributed by atoms with Crippen LogP contribution in [0.4, 0.5) is 0 Å². The first-order valence-electron chi connectivity index (χ1n) is 16.0. The number of oxazole rings is 1. The van der Waals surface area contributed by atoms with E-state index in [0.29, 0.717) is 49.8 Å². The maximum absolute atomic E-state index is 13.5. The fraction of sp³-hybridized carbons (Fsp3) is 0.371. The summed E-state index contributed by atoms with van der Waals surface area (Å²) in [4.78, 5) is 62.7. The fourth-order valence-electron chi connectivity index (χ4n) is 5.56. The van der Waals surface area contributed by atoms with E-state index in [0.717, 1.165) is 11.1 Å². The number of rotatable bonds is 6. The Balaban J connectivity index is 1.43. The van der Waals surface area contributed by atoms with E-state index in [1.165, 1.54) is 11.3 Å². The standard InChI is InChI=1S/C35H40N6O6S/c1-21(2)29-34-38-27(20-48-34)31(43)36-14-16-41(19-24-11-7-12-25(17-24)35(45)46)15-8-13-28(42)37-26(18-23-9-5-4-6-10-23)33-40-30(22(3)47-33)32(44)39-29/h4-7,9-12,17,20-21,26,29H,8,13-16,18-19H2,1-3H3,(H,36,43)(H,37,42)(H,39,44)(H,45,46)/t26-,29-/m0/s1. The minimum Gasteiger partial charge on any atom is -0.478 e. The first-order valence-corrected chi connectivity index (χ1v) is 16.8. The van der Waals surface area contributed by atoms with Crippen LogP contribution < -0.4 is 16.0 Å². The van der Waals surface area contributed by atoms with E-state index >= 15 is 0 Å². The molecule has 1 aliphatic rings. The van der Waals surface area contributed by atoms with Crippen LogP contribution in [0.3, 0.4) is 0 Å². The zero-order chi connectivity index (χ0) is 34.2. The second kappa shape index (κ2) is 15.8. The molecule has 4 bridgehead atoms. The van der Waals surface area contributed by atoms with E-state index in [9.17, 15) is 24.3 Å². The molecule has 13 heteroatoms. The van der Waals surface area contributed by atoms with Crippen molar-refractivity contribution in [1.82, 2.24) is 30.8 Å². The fourth-order valence-corrected chi connectivity index (χ4v) is 6.58. The molecule has 12 nitrogen and oxygen atoms in total. The lowest BCUT2D eigenvalue weighted by Gasteiger charge is -2.23. The first-order chi connectivity index (χ1) is 23.1. The number of aryl methyl sites for hydroxylation is 1. The molecule has 252 valence electrons. The highest BCUT2D eigenvalue weighted by Gasteiger charge is 2.29. The van der Waals surface area contributed by atoms with Gasteiger partial charge >= 0.3 is 5.97 Å². The van der Waals surface area contributed by atoms with E-state index in [1.807, 2.05) is 50.2 Å². The van der Waals surface area contributed by atoms with E-state index in [1.54, 1.807) is 30.5 Å². The molecule has 2 aromatic carbocycles. The molecular weight excluding hydrogens is 632 g/mol. The van der Waals surface area contributed by atoms with E-state index in [2.05, 4.69) is 30.8 Å². The van der Waals surface area contributed by atoms with Gasteiger partial charge in [0.1, 0.15) is 22.5 Å². The highest BCUT2D eigenvalue weighted by molar-refractivity contribution is 7.09. The molecule has 5 rings (SSSR count). The molecule has 4 N–H and O–H groups in total. The molecule has 0 spiro atoms. The van der Waals surface area contributed by atoms with Crippen LogP contribution in [0.5, 0.6) is 0 Å². The Hall–Kier alpha value is -4.88. The molecule has 3 amide bonds. The van der Waals surface area contributed by atoms with Gasteiger partial charge in [-0.05, 0) is 49.1 Å². The van der Waals surface area contributed by atoms with Crippen LogP contribution in [0.25, 0.3) is 0 Å². The minimum absolute atomic E-state index is 0.0427. The number of carbonyl (C=O) groups excluding carboxylic acids is 3. The molecular formula is C35H40N6O6S. The highest BCUT2D eigenvalue weighted by atomic mass is 32.1. The van der Waals surface area contributed by atoms with Gasteiger partial charge in [0.2, 0.25) is 11.8 Å². The number of nitrogens with one attached hydrogen (secondary N) is 3. The predicted octanol–water partition coefficient (Wildman–Crippen LogP) is 4.69. The molecule has 1 aliphatic heterocycles. The van der Waals surface area contributed by atoms with Crippen molar-refractivity contribution in [3.63, 3.8) is 0 Å². The Morgan fingerprint density at radius 3 is 2.54 bits per heavy atom. The number of benzene rings is 2. The Morgan fingerprint density at radius 1 is 1.02 bits per heavy atom. The molecule has 0 unspecified atom stereocenters. The van der Waals surface area contributed by atoms with Crippen LogP contribution >= 0.6 is 11.3 Å². The predicted molar refractivity (Wildman–Crippen MR) is 180 cm³/mol. The van der Waals surface area contributed by atoms with Gasteiger partial charge in [0.05, 0.1) is 11.6 Å². The normalized spacial score (nSPS) is 18.5. The summed E-state index contributed by atoms with van der Waals surface area (Å²) >= 11 is 1.30. The Kier molecular flexibility index (Phi) is 11.3. The van der Waals surface area contributed by atoms with Gasteiger partial charge in [0.15, 0.2) is 5.69 Å². The maximum atomic E-state index is 13.5.